The molecule has 0 radical (unpaired) electrons. The van der Waals surface area contributed by atoms with Crippen LogP contribution in [0.4, 0.5) is 0 Å². The van der Waals surface area contributed by atoms with Crippen molar-refractivity contribution >= 4 is 17.7 Å². The number of fused-ring (bicyclic) bond motifs is 2. The van der Waals surface area contributed by atoms with Crippen LogP contribution in [0.3, 0.4) is 0 Å². The molecule has 0 spiro atoms. The van der Waals surface area contributed by atoms with E-state index in [2.05, 4.69) is 23.8 Å². The van der Waals surface area contributed by atoms with E-state index in [-0.39, 0.29) is 11.8 Å². The lowest BCUT2D eigenvalue weighted by Crippen LogP contribution is -2.41. The van der Waals surface area contributed by atoms with Crippen LogP contribution in [0.2, 0.25) is 0 Å². The summed E-state index contributed by atoms with van der Waals surface area (Å²) in [7, 11) is 0. The van der Waals surface area contributed by atoms with Crippen molar-refractivity contribution in [2.45, 2.75) is 50.7 Å². The molecule has 0 aromatic rings. The molecule has 4 atom stereocenters. The van der Waals surface area contributed by atoms with Gasteiger partial charge in [-0.2, -0.15) is 11.8 Å². The van der Waals surface area contributed by atoms with Gasteiger partial charge in [0.1, 0.15) is 0 Å². The molecule has 0 aromatic heterocycles. The van der Waals surface area contributed by atoms with Gasteiger partial charge in [0.05, 0.1) is 5.92 Å². The monoisotopic (exact) mass is 242 g/mol. The predicted molar refractivity (Wildman–Crippen MR) is 68.7 cm³/mol. The fourth-order valence-corrected chi connectivity index (χ4v) is 3.42. The van der Waals surface area contributed by atoms with Crippen molar-refractivity contribution in [1.82, 2.24) is 10.6 Å². The Morgan fingerprint density at radius 1 is 1.56 bits per heavy atom. The van der Waals surface area contributed by atoms with Crippen LogP contribution in [0.1, 0.15) is 32.6 Å². The van der Waals surface area contributed by atoms with Gasteiger partial charge in [-0.05, 0) is 44.6 Å². The van der Waals surface area contributed by atoms with E-state index in [1.54, 1.807) is 0 Å². The normalized spacial score (nSPS) is 34.0. The minimum Gasteiger partial charge on any atom is -0.353 e. The Kier molecular flexibility index (Phi) is 4.14. The lowest BCUT2D eigenvalue weighted by molar-refractivity contribution is -0.126. The molecule has 2 aliphatic rings. The lowest BCUT2D eigenvalue weighted by Gasteiger charge is -2.22. The van der Waals surface area contributed by atoms with E-state index in [0.29, 0.717) is 18.1 Å². The van der Waals surface area contributed by atoms with E-state index in [1.807, 2.05) is 11.8 Å². The van der Waals surface area contributed by atoms with Crippen molar-refractivity contribution < 1.29 is 4.79 Å². The number of carbonyl (C=O) groups is 1. The zero-order valence-electron chi connectivity index (χ0n) is 10.2. The van der Waals surface area contributed by atoms with Crippen molar-refractivity contribution in [2.24, 2.45) is 5.92 Å². The van der Waals surface area contributed by atoms with E-state index in [9.17, 15) is 4.79 Å². The van der Waals surface area contributed by atoms with Crippen molar-refractivity contribution in [3.63, 3.8) is 0 Å². The predicted octanol–water partition coefficient (Wildman–Crippen LogP) is 1.38. The van der Waals surface area contributed by atoms with E-state index >= 15 is 0 Å². The molecule has 3 nitrogen and oxygen atoms in total. The number of hydrogen-bond donors (Lipinski definition) is 2. The molecular weight excluding hydrogens is 220 g/mol. The highest BCUT2D eigenvalue weighted by Gasteiger charge is 2.42. The maximum absolute atomic E-state index is 12.1. The summed E-state index contributed by atoms with van der Waals surface area (Å²) in [5.41, 5.74) is 0. The molecule has 16 heavy (non-hydrogen) atoms. The third kappa shape index (κ3) is 2.72. The van der Waals surface area contributed by atoms with Crippen molar-refractivity contribution in [1.29, 1.82) is 0 Å². The molecule has 0 aliphatic carbocycles. The molecule has 0 aromatic carbocycles. The number of rotatable bonds is 5. The number of nitrogens with one attached hydrogen (secondary N) is 2. The molecule has 2 N–H and O–H groups in total. The Labute approximate surface area is 102 Å². The maximum Gasteiger partial charge on any atom is 0.224 e. The molecule has 4 unspecified atom stereocenters. The number of carbonyl (C=O) groups excluding carboxylic acids is 1. The van der Waals surface area contributed by atoms with Gasteiger partial charge in [0.25, 0.3) is 0 Å². The van der Waals surface area contributed by atoms with Gasteiger partial charge in [0, 0.05) is 18.1 Å². The first-order valence-electron chi connectivity index (χ1n) is 6.26. The van der Waals surface area contributed by atoms with Crippen molar-refractivity contribution in [3.05, 3.63) is 0 Å². The summed E-state index contributed by atoms with van der Waals surface area (Å²) in [6.07, 6.45) is 6.67. The molecule has 1 amide bonds. The van der Waals surface area contributed by atoms with Crippen LogP contribution in [0.15, 0.2) is 0 Å². The van der Waals surface area contributed by atoms with Gasteiger partial charge in [0.15, 0.2) is 0 Å². The zero-order valence-corrected chi connectivity index (χ0v) is 11.0. The summed E-state index contributed by atoms with van der Waals surface area (Å²) in [5.74, 6) is 1.62. The second-order valence-electron chi connectivity index (χ2n) is 5.08. The summed E-state index contributed by atoms with van der Waals surface area (Å²) in [6, 6.07) is 1.39. The first kappa shape index (κ1) is 12.2. The summed E-state index contributed by atoms with van der Waals surface area (Å²) >= 11 is 1.84. The topological polar surface area (TPSA) is 41.1 Å². The van der Waals surface area contributed by atoms with Crippen LogP contribution in [0, 0.1) is 5.92 Å². The molecule has 4 heteroatoms. The average molecular weight is 242 g/mol. The molecule has 2 rings (SSSR count). The van der Waals surface area contributed by atoms with Gasteiger partial charge in [-0.1, -0.05) is 0 Å². The second kappa shape index (κ2) is 5.41. The summed E-state index contributed by atoms with van der Waals surface area (Å²) in [6.45, 7) is 2.11. The largest absolute Gasteiger partial charge is 0.353 e. The van der Waals surface area contributed by atoms with E-state index in [1.165, 1.54) is 12.8 Å². The number of amides is 1. The standard InChI is InChI=1S/C12H22N2OS/c1-8(5-6-16-2)13-12(15)10-7-9-3-4-11(10)14-9/h8-11,14H,3-7H2,1-2H3,(H,13,15). The minimum atomic E-state index is 0.232. The third-order valence-corrected chi connectivity index (χ3v) is 4.42. The molecule has 92 valence electrons. The molecule has 0 saturated carbocycles. The third-order valence-electron chi connectivity index (χ3n) is 3.78. The van der Waals surface area contributed by atoms with E-state index in [0.717, 1.165) is 18.6 Å². The van der Waals surface area contributed by atoms with Gasteiger partial charge in [-0.3, -0.25) is 4.79 Å². The highest BCUT2D eigenvalue weighted by atomic mass is 32.2. The quantitative estimate of drug-likeness (QED) is 0.765. The zero-order chi connectivity index (χ0) is 11.5. The first-order valence-corrected chi connectivity index (χ1v) is 7.65. The number of hydrogen-bond acceptors (Lipinski definition) is 3. The van der Waals surface area contributed by atoms with Crippen LogP contribution in [0.25, 0.3) is 0 Å². The van der Waals surface area contributed by atoms with Gasteiger partial charge in [-0.25, -0.2) is 0 Å². The first-order chi connectivity index (χ1) is 7.70. The highest BCUT2D eigenvalue weighted by Crippen LogP contribution is 2.33. The molecule has 2 heterocycles. The van der Waals surface area contributed by atoms with Gasteiger partial charge < -0.3 is 10.6 Å². The van der Waals surface area contributed by atoms with Crippen molar-refractivity contribution in [3.8, 4) is 0 Å². The lowest BCUT2D eigenvalue weighted by atomic mass is 9.88. The SMILES string of the molecule is CSCCC(C)NC(=O)C1CC2CCC1N2. The van der Waals surface area contributed by atoms with Crippen LogP contribution in [0.5, 0.6) is 0 Å². The second-order valence-corrected chi connectivity index (χ2v) is 6.07. The Bertz CT molecular complexity index is 259. The molecule has 2 bridgehead atoms. The fraction of sp³-hybridized carbons (Fsp3) is 0.917. The average Bonchev–Trinajstić information content (AvgIpc) is 2.87. The van der Waals surface area contributed by atoms with Crippen LogP contribution < -0.4 is 10.6 Å². The Balaban J connectivity index is 1.75. The Hall–Kier alpha value is -0.220. The van der Waals surface area contributed by atoms with Crippen molar-refractivity contribution in [2.75, 3.05) is 12.0 Å². The molecule has 2 saturated heterocycles. The van der Waals surface area contributed by atoms with E-state index < -0.39 is 0 Å². The highest BCUT2D eigenvalue weighted by molar-refractivity contribution is 7.98. The van der Waals surface area contributed by atoms with Gasteiger partial charge in [0.2, 0.25) is 5.91 Å². The molecular formula is C12H22N2OS. The summed E-state index contributed by atoms with van der Waals surface area (Å²) in [4.78, 5) is 12.1. The van der Waals surface area contributed by atoms with Crippen LogP contribution >= 0.6 is 11.8 Å². The molecule has 2 fully saturated rings. The maximum atomic E-state index is 12.1. The smallest absolute Gasteiger partial charge is 0.224 e. The Morgan fingerprint density at radius 3 is 2.94 bits per heavy atom. The summed E-state index contributed by atoms with van der Waals surface area (Å²) in [5, 5.41) is 6.66. The van der Waals surface area contributed by atoms with E-state index in [4.69, 9.17) is 0 Å². The number of thioether (sulfide) groups is 1. The van der Waals surface area contributed by atoms with Crippen LogP contribution in [-0.2, 0) is 4.79 Å². The Morgan fingerprint density at radius 2 is 2.38 bits per heavy atom. The van der Waals surface area contributed by atoms with Gasteiger partial charge >= 0.3 is 0 Å². The van der Waals surface area contributed by atoms with Crippen LogP contribution in [-0.4, -0.2) is 36.0 Å². The fourth-order valence-electron chi connectivity index (χ4n) is 2.83. The van der Waals surface area contributed by atoms with Gasteiger partial charge in [-0.15, -0.1) is 0 Å². The molecule has 2 aliphatic heterocycles. The summed E-state index contributed by atoms with van der Waals surface area (Å²) < 4.78 is 0. The minimum absolute atomic E-state index is 0.232.